The van der Waals surface area contributed by atoms with Crippen LogP contribution in [0.3, 0.4) is 0 Å². The summed E-state index contributed by atoms with van der Waals surface area (Å²) >= 11 is 0. The first kappa shape index (κ1) is 20.7. The number of rotatable bonds is 8. The Morgan fingerprint density at radius 2 is 1.81 bits per heavy atom. The molecule has 146 valence electrons. The zero-order valence-electron chi connectivity index (χ0n) is 16.7. The summed E-state index contributed by atoms with van der Waals surface area (Å²) < 4.78 is 8.21. The molecule has 0 aliphatic heterocycles. The van der Waals surface area contributed by atoms with Crippen LogP contribution in [0, 0.1) is 0 Å². The van der Waals surface area contributed by atoms with Crippen LogP contribution in [-0.2, 0) is 31.2 Å². The zero-order valence-corrected chi connectivity index (χ0v) is 16.7. The van der Waals surface area contributed by atoms with E-state index in [0.717, 1.165) is 18.4 Å². The van der Waals surface area contributed by atoms with Gasteiger partial charge in [-0.1, -0.05) is 43.7 Å². The molecule has 0 aliphatic rings. The van der Waals surface area contributed by atoms with E-state index in [-0.39, 0.29) is 11.2 Å². The van der Waals surface area contributed by atoms with Gasteiger partial charge >= 0.3 is 5.69 Å². The van der Waals surface area contributed by atoms with E-state index in [2.05, 4.69) is 4.99 Å². The van der Waals surface area contributed by atoms with E-state index in [0.29, 0.717) is 43.3 Å². The van der Waals surface area contributed by atoms with Crippen molar-refractivity contribution in [2.45, 2.75) is 53.0 Å². The summed E-state index contributed by atoms with van der Waals surface area (Å²) in [4.78, 5) is 30.2. The van der Waals surface area contributed by atoms with Crippen molar-refractivity contribution in [2.75, 3.05) is 6.61 Å². The van der Waals surface area contributed by atoms with Crippen LogP contribution < -0.4 is 11.2 Å². The Labute approximate surface area is 160 Å². The Morgan fingerprint density at radius 3 is 2.44 bits per heavy atom. The normalized spacial score (nSPS) is 11.6. The molecule has 6 heteroatoms. The van der Waals surface area contributed by atoms with Crippen LogP contribution in [0.2, 0.25) is 0 Å². The van der Waals surface area contributed by atoms with Crippen LogP contribution in [0.1, 0.15) is 44.7 Å². The highest BCUT2D eigenvalue weighted by molar-refractivity contribution is 5.76. The van der Waals surface area contributed by atoms with Crippen molar-refractivity contribution >= 4 is 11.7 Å². The molecule has 6 nitrogen and oxygen atoms in total. The molecule has 27 heavy (non-hydrogen) atoms. The summed E-state index contributed by atoms with van der Waals surface area (Å²) in [5.74, 6) is 0.832. The van der Waals surface area contributed by atoms with E-state index >= 15 is 0 Å². The Morgan fingerprint density at radius 1 is 1.11 bits per heavy atom. The number of unbranched alkanes of at least 4 members (excludes halogenated alkanes) is 1. The lowest BCUT2D eigenvalue weighted by Gasteiger charge is -2.15. The maximum absolute atomic E-state index is 13.1. The second-order valence-electron chi connectivity index (χ2n) is 6.50. The fourth-order valence-corrected chi connectivity index (χ4v) is 3.00. The van der Waals surface area contributed by atoms with Gasteiger partial charge in [-0.05, 0) is 31.7 Å². The van der Waals surface area contributed by atoms with Gasteiger partial charge in [0.15, 0.2) is 5.90 Å². The topological polar surface area (TPSA) is 65.6 Å². The fraction of sp³-hybridized carbons (Fsp3) is 0.476. The lowest BCUT2D eigenvalue weighted by molar-refractivity contribution is 0.324. The average Bonchev–Trinajstić information content (AvgIpc) is 2.66. The molecule has 1 aromatic heterocycles. The lowest BCUT2D eigenvalue weighted by atomic mass is 10.1. The molecule has 2 rings (SSSR count). The van der Waals surface area contributed by atoms with Crippen molar-refractivity contribution in [2.24, 2.45) is 12.0 Å². The fourth-order valence-electron chi connectivity index (χ4n) is 3.00. The largest absolute Gasteiger partial charge is 0.481 e. The third-order valence-corrected chi connectivity index (χ3v) is 4.47. The summed E-state index contributed by atoms with van der Waals surface area (Å²) in [6.07, 6.45) is 2.92. The third-order valence-electron chi connectivity index (χ3n) is 4.47. The van der Waals surface area contributed by atoms with Crippen molar-refractivity contribution in [1.29, 1.82) is 0 Å². The zero-order chi connectivity index (χ0) is 19.8. The van der Waals surface area contributed by atoms with E-state index in [1.54, 1.807) is 14.0 Å². The maximum atomic E-state index is 13.1. The van der Waals surface area contributed by atoms with Crippen LogP contribution in [-0.4, -0.2) is 21.6 Å². The number of benzene rings is 1. The number of aliphatic imine (C=N–C) groups is 1. The van der Waals surface area contributed by atoms with Gasteiger partial charge in [-0.15, -0.1) is 0 Å². The Hall–Kier alpha value is -2.63. The molecule has 0 saturated carbocycles. The molecular formula is C21H29N3O3. The van der Waals surface area contributed by atoms with Crippen LogP contribution >= 0.6 is 0 Å². The van der Waals surface area contributed by atoms with Crippen molar-refractivity contribution in [3.05, 3.63) is 62.3 Å². The molecule has 1 heterocycles. The van der Waals surface area contributed by atoms with Gasteiger partial charge in [0.1, 0.15) is 5.82 Å². The summed E-state index contributed by atoms with van der Waals surface area (Å²) in [5, 5.41) is 0. The van der Waals surface area contributed by atoms with Gasteiger partial charge in [0.2, 0.25) is 0 Å². The molecule has 0 spiro atoms. The summed E-state index contributed by atoms with van der Waals surface area (Å²) in [5.41, 5.74) is 1.11. The highest BCUT2D eigenvalue weighted by Gasteiger charge is 2.17. The number of aromatic nitrogens is 2. The van der Waals surface area contributed by atoms with Crippen molar-refractivity contribution in [3.8, 4) is 0 Å². The van der Waals surface area contributed by atoms with Gasteiger partial charge in [0, 0.05) is 20.5 Å². The average molecular weight is 371 g/mol. The molecule has 0 fully saturated rings. The lowest BCUT2D eigenvalue weighted by Crippen LogP contribution is -2.41. The van der Waals surface area contributed by atoms with Gasteiger partial charge in [-0.3, -0.25) is 13.9 Å². The molecule has 0 aliphatic carbocycles. The second kappa shape index (κ2) is 9.90. The number of ether oxygens (including phenoxy) is 1. The summed E-state index contributed by atoms with van der Waals surface area (Å²) in [6.45, 7) is 6.55. The summed E-state index contributed by atoms with van der Waals surface area (Å²) in [6, 6.07) is 9.99. The number of aryl methyl sites for hydroxylation is 1. The van der Waals surface area contributed by atoms with Gasteiger partial charge < -0.3 is 4.74 Å². The molecule has 0 saturated heterocycles. The van der Waals surface area contributed by atoms with E-state index in [1.807, 2.05) is 44.2 Å². The number of hydrogen-bond acceptors (Lipinski definition) is 4. The van der Waals surface area contributed by atoms with Gasteiger partial charge in [0.25, 0.3) is 5.56 Å². The van der Waals surface area contributed by atoms with E-state index in [1.165, 1.54) is 9.13 Å². The Kier molecular flexibility index (Phi) is 7.58. The van der Waals surface area contributed by atoms with Crippen LogP contribution in [0.15, 0.2) is 44.9 Å². The number of nitrogens with zero attached hydrogens (tertiary/aromatic N) is 3. The first-order chi connectivity index (χ1) is 13.0. The smallest absolute Gasteiger partial charge is 0.332 e. The van der Waals surface area contributed by atoms with E-state index in [4.69, 9.17) is 4.74 Å². The molecule has 0 bridgehead atoms. The minimum absolute atomic E-state index is 0.245. The van der Waals surface area contributed by atoms with Crippen LogP contribution in [0.5, 0.6) is 0 Å². The molecular weight excluding hydrogens is 342 g/mol. The predicted octanol–water partition coefficient (Wildman–Crippen LogP) is 3.22. The minimum atomic E-state index is -0.333. The predicted molar refractivity (Wildman–Crippen MR) is 109 cm³/mol. The molecule has 0 atom stereocenters. The first-order valence-corrected chi connectivity index (χ1v) is 9.54. The molecule has 0 amide bonds. The van der Waals surface area contributed by atoms with Gasteiger partial charge in [-0.25, -0.2) is 4.79 Å². The standard InChI is InChI=1S/C21H29N3O3/c1-5-7-15-24-20(25)18(14-13-17-11-9-8-10-12-17)19(23(4)21(24)26)22-16(3)27-6-2/h8-12H,5-7,13-15H2,1-4H3/b22-16+. The molecule has 2 aromatic rings. The van der Waals surface area contributed by atoms with Gasteiger partial charge in [0.05, 0.1) is 12.2 Å². The Bertz CT molecular complexity index is 895. The highest BCUT2D eigenvalue weighted by Crippen LogP contribution is 2.17. The third kappa shape index (κ3) is 5.18. The van der Waals surface area contributed by atoms with E-state index < -0.39 is 0 Å². The number of hydrogen-bond donors (Lipinski definition) is 0. The highest BCUT2D eigenvalue weighted by atomic mass is 16.5. The molecule has 1 aromatic carbocycles. The van der Waals surface area contributed by atoms with Crippen LogP contribution in [0.25, 0.3) is 0 Å². The van der Waals surface area contributed by atoms with E-state index in [9.17, 15) is 9.59 Å². The van der Waals surface area contributed by atoms with Gasteiger partial charge in [-0.2, -0.15) is 4.99 Å². The minimum Gasteiger partial charge on any atom is -0.481 e. The Balaban J connectivity index is 2.54. The second-order valence-corrected chi connectivity index (χ2v) is 6.50. The quantitative estimate of drug-likeness (QED) is 0.529. The van der Waals surface area contributed by atoms with Crippen molar-refractivity contribution in [1.82, 2.24) is 9.13 Å². The van der Waals surface area contributed by atoms with Crippen molar-refractivity contribution < 1.29 is 4.74 Å². The molecule has 0 unspecified atom stereocenters. The first-order valence-electron chi connectivity index (χ1n) is 9.54. The maximum Gasteiger partial charge on any atom is 0.332 e. The molecule has 0 N–H and O–H groups in total. The van der Waals surface area contributed by atoms with Crippen LogP contribution in [0.4, 0.5) is 5.82 Å². The SMILES string of the molecule is CCCCn1c(=O)c(CCc2ccccc2)c(/N=C(\C)OCC)n(C)c1=O. The monoisotopic (exact) mass is 371 g/mol. The summed E-state index contributed by atoms with van der Waals surface area (Å²) in [7, 11) is 1.66. The molecule has 0 radical (unpaired) electrons. The van der Waals surface area contributed by atoms with Crippen molar-refractivity contribution in [3.63, 3.8) is 0 Å².